The second-order valence-electron chi connectivity index (χ2n) is 6.89. The van der Waals surface area contributed by atoms with E-state index in [1.54, 1.807) is 17.0 Å². The van der Waals surface area contributed by atoms with E-state index in [0.29, 0.717) is 18.8 Å². The highest BCUT2D eigenvalue weighted by Gasteiger charge is 2.18. The summed E-state index contributed by atoms with van der Waals surface area (Å²) in [5.74, 6) is -0.204. The van der Waals surface area contributed by atoms with Gasteiger partial charge in [0.1, 0.15) is 6.54 Å². The van der Waals surface area contributed by atoms with Crippen LogP contribution in [0, 0.1) is 0 Å². The fourth-order valence-electron chi connectivity index (χ4n) is 3.17. The molecule has 7 heteroatoms. The van der Waals surface area contributed by atoms with Crippen LogP contribution in [0.25, 0.3) is 5.69 Å². The van der Waals surface area contributed by atoms with Crippen molar-refractivity contribution < 1.29 is 4.79 Å². The second kappa shape index (κ2) is 9.00. The van der Waals surface area contributed by atoms with E-state index in [-0.39, 0.29) is 12.5 Å². The Labute approximate surface area is 173 Å². The number of rotatable bonds is 7. The van der Waals surface area contributed by atoms with Crippen molar-refractivity contribution >= 4 is 5.91 Å². The summed E-state index contributed by atoms with van der Waals surface area (Å²) in [5, 5.41) is 7.81. The summed E-state index contributed by atoms with van der Waals surface area (Å²) in [6.07, 6.45) is 0. The molecule has 1 heterocycles. The second-order valence-corrected chi connectivity index (χ2v) is 6.89. The Morgan fingerprint density at radius 2 is 1.23 bits per heavy atom. The normalized spacial score (nSPS) is 10.7. The van der Waals surface area contributed by atoms with Gasteiger partial charge in [0.2, 0.25) is 5.91 Å². The molecule has 0 unspecified atom stereocenters. The van der Waals surface area contributed by atoms with Crippen molar-refractivity contribution in [1.29, 1.82) is 0 Å². The monoisotopic (exact) mass is 399 g/mol. The van der Waals surface area contributed by atoms with Crippen molar-refractivity contribution in [3.8, 4) is 5.69 Å². The lowest BCUT2D eigenvalue weighted by Gasteiger charge is -2.23. The molecule has 0 aliphatic carbocycles. The molecular weight excluding hydrogens is 378 g/mol. The number of hydrogen-bond acceptors (Lipinski definition) is 4. The molecule has 1 aromatic heterocycles. The molecule has 0 atom stereocenters. The fourth-order valence-corrected chi connectivity index (χ4v) is 3.17. The van der Waals surface area contributed by atoms with Crippen molar-refractivity contribution in [3.05, 3.63) is 113 Å². The third-order valence-corrected chi connectivity index (χ3v) is 4.71. The van der Waals surface area contributed by atoms with Gasteiger partial charge in [-0.3, -0.25) is 4.79 Å². The van der Waals surface area contributed by atoms with Crippen LogP contribution >= 0.6 is 0 Å². The topological polar surface area (TPSA) is 73.0 Å². The highest BCUT2D eigenvalue weighted by atomic mass is 16.2. The molecule has 1 amide bonds. The van der Waals surface area contributed by atoms with Crippen LogP contribution in [0.3, 0.4) is 0 Å². The summed E-state index contributed by atoms with van der Waals surface area (Å²) in [4.78, 5) is 27.5. The van der Waals surface area contributed by atoms with Crippen LogP contribution in [0.1, 0.15) is 11.1 Å². The van der Waals surface area contributed by atoms with Gasteiger partial charge in [0, 0.05) is 13.1 Å². The molecular formula is C23H21N5O2. The van der Waals surface area contributed by atoms with Gasteiger partial charge in [0.15, 0.2) is 0 Å². The summed E-state index contributed by atoms with van der Waals surface area (Å²) in [6, 6.07) is 28.5. The molecule has 3 aromatic carbocycles. The van der Waals surface area contributed by atoms with E-state index in [9.17, 15) is 9.59 Å². The quantitative estimate of drug-likeness (QED) is 0.479. The number of para-hydroxylation sites is 1. The molecule has 0 fully saturated rings. The summed E-state index contributed by atoms with van der Waals surface area (Å²) >= 11 is 0. The zero-order valence-electron chi connectivity index (χ0n) is 16.3. The van der Waals surface area contributed by atoms with Crippen molar-refractivity contribution in [3.63, 3.8) is 0 Å². The maximum Gasteiger partial charge on any atom is 0.368 e. The Morgan fingerprint density at radius 3 is 1.77 bits per heavy atom. The Bertz CT molecular complexity index is 1110. The molecule has 0 aliphatic rings. The molecule has 4 rings (SSSR count). The zero-order valence-corrected chi connectivity index (χ0v) is 16.3. The van der Waals surface area contributed by atoms with E-state index < -0.39 is 5.69 Å². The van der Waals surface area contributed by atoms with Gasteiger partial charge in [-0.15, -0.1) is 0 Å². The third-order valence-electron chi connectivity index (χ3n) is 4.71. The lowest BCUT2D eigenvalue weighted by molar-refractivity contribution is -0.133. The summed E-state index contributed by atoms with van der Waals surface area (Å²) < 4.78 is 2.28. The first-order chi connectivity index (χ1) is 14.7. The Kier molecular flexibility index (Phi) is 5.80. The summed E-state index contributed by atoms with van der Waals surface area (Å²) in [6.45, 7) is 0.706. The Balaban J connectivity index is 1.56. The highest BCUT2D eigenvalue weighted by molar-refractivity contribution is 5.75. The number of amides is 1. The zero-order chi connectivity index (χ0) is 20.8. The maximum atomic E-state index is 13.1. The number of carbonyl (C=O) groups excluding carboxylic acids is 1. The lowest BCUT2D eigenvalue weighted by Crippen LogP contribution is -2.36. The first kappa shape index (κ1) is 19.3. The number of carbonyl (C=O) groups is 1. The minimum absolute atomic E-state index is 0.175. The molecule has 0 radical (unpaired) electrons. The average molecular weight is 399 g/mol. The standard InChI is InChI=1S/C23H21N5O2/c29-22(18-27-23(30)28(25-24-27)21-14-8-3-9-15-21)26(16-19-10-4-1-5-11-19)17-20-12-6-2-7-13-20/h1-15H,16-18H2. The van der Waals surface area contributed by atoms with E-state index in [2.05, 4.69) is 10.4 Å². The largest absolute Gasteiger partial charge is 0.368 e. The SMILES string of the molecule is O=C(Cn1nnn(-c2ccccc2)c1=O)N(Cc1ccccc1)Cc1ccccc1. The summed E-state index contributed by atoms with van der Waals surface area (Å²) in [7, 11) is 0. The van der Waals surface area contributed by atoms with E-state index in [1.165, 1.54) is 4.68 Å². The summed E-state index contributed by atoms with van der Waals surface area (Å²) in [5.41, 5.74) is 2.18. The number of hydrogen-bond donors (Lipinski definition) is 0. The van der Waals surface area contributed by atoms with Gasteiger partial charge in [-0.1, -0.05) is 78.9 Å². The van der Waals surface area contributed by atoms with Crippen molar-refractivity contribution in [2.24, 2.45) is 0 Å². The molecule has 0 N–H and O–H groups in total. The number of benzene rings is 3. The molecule has 0 aliphatic heterocycles. The number of tetrazole rings is 1. The van der Waals surface area contributed by atoms with Gasteiger partial charge in [0.25, 0.3) is 0 Å². The minimum atomic E-state index is -0.450. The molecule has 4 aromatic rings. The lowest BCUT2D eigenvalue weighted by atomic mass is 10.1. The van der Waals surface area contributed by atoms with Crippen LogP contribution in [-0.4, -0.2) is 30.6 Å². The third kappa shape index (κ3) is 4.52. The van der Waals surface area contributed by atoms with E-state index in [0.717, 1.165) is 15.8 Å². The van der Waals surface area contributed by atoms with E-state index >= 15 is 0 Å². The smallest absolute Gasteiger partial charge is 0.332 e. The Hall–Kier alpha value is -4.00. The number of aromatic nitrogens is 4. The van der Waals surface area contributed by atoms with Crippen LogP contribution in [0.4, 0.5) is 0 Å². The van der Waals surface area contributed by atoms with Gasteiger partial charge in [0.05, 0.1) is 5.69 Å². The van der Waals surface area contributed by atoms with Crippen molar-refractivity contribution in [1.82, 2.24) is 24.7 Å². The van der Waals surface area contributed by atoms with Crippen LogP contribution in [0.15, 0.2) is 95.8 Å². The van der Waals surface area contributed by atoms with Gasteiger partial charge < -0.3 is 4.90 Å². The fraction of sp³-hybridized carbons (Fsp3) is 0.130. The van der Waals surface area contributed by atoms with Crippen LogP contribution < -0.4 is 5.69 Å². The van der Waals surface area contributed by atoms with E-state index in [1.807, 2.05) is 78.9 Å². The number of nitrogens with zero attached hydrogens (tertiary/aromatic N) is 5. The van der Waals surface area contributed by atoms with Gasteiger partial charge in [-0.25, -0.2) is 4.79 Å². The van der Waals surface area contributed by atoms with Crippen LogP contribution in [-0.2, 0) is 24.4 Å². The molecule has 150 valence electrons. The maximum absolute atomic E-state index is 13.1. The van der Waals surface area contributed by atoms with Crippen molar-refractivity contribution in [2.45, 2.75) is 19.6 Å². The van der Waals surface area contributed by atoms with Crippen LogP contribution in [0.2, 0.25) is 0 Å². The first-order valence-corrected chi connectivity index (χ1v) is 9.64. The van der Waals surface area contributed by atoms with Crippen LogP contribution in [0.5, 0.6) is 0 Å². The molecule has 0 bridgehead atoms. The molecule has 0 saturated heterocycles. The predicted molar refractivity (Wildman–Crippen MR) is 113 cm³/mol. The molecule has 7 nitrogen and oxygen atoms in total. The van der Waals surface area contributed by atoms with Crippen molar-refractivity contribution in [2.75, 3.05) is 0 Å². The molecule has 30 heavy (non-hydrogen) atoms. The van der Waals surface area contributed by atoms with Gasteiger partial charge >= 0.3 is 5.69 Å². The van der Waals surface area contributed by atoms with Gasteiger partial charge in [-0.2, -0.15) is 9.36 Å². The van der Waals surface area contributed by atoms with Gasteiger partial charge in [-0.05, 0) is 33.7 Å². The average Bonchev–Trinajstić information content (AvgIpc) is 3.15. The minimum Gasteiger partial charge on any atom is -0.332 e. The Morgan fingerprint density at radius 1 is 0.733 bits per heavy atom. The predicted octanol–water partition coefficient (Wildman–Crippen LogP) is 2.66. The highest BCUT2D eigenvalue weighted by Crippen LogP contribution is 2.11. The molecule has 0 spiro atoms. The first-order valence-electron chi connectivity index (χ1n) is 9.64. The molecule has 0 saturated carbocycles. The van der Waals surface area contributed by atoms with E-state index in [4.69, 9.17) is 0 Å².